The predicted molar refractivity (Wildman–Crippen MR) is 55.9 cm³/mol. The van der Waals surface area contributed by atoms with Crippen LogP contribution in [0.4, 0.5) is 0 Å². The average Bonchev–Trinajstić information content (AvgIpc) is 2.48. The number of para-hydroxylation sites is 2. The number of fused-ring (bicyclic) bond motifs is 3. The van der Waals surface area contributed by atoms with E-state index < -0.39 is 0 Å². The van der Waals surface area contributed by atoms with Crippen molar-refractivity contribution in [2.75, 3.05) is 0 Å². The van der Waals surface area contributed by atoms with Gasteiger partial charge in [-0.3, -0.25) is 9.15 Å². The molecule has 3 rings (SSSR count). The summed E-state index contributed by atoms with van der Waals surface area (Å²) in [5.74, 6) is 0. The van der Waals surface area contributed by atoms with Crippen LogP contribution in [0.2, 0.25) is 0 Å². The van der Waals surface area contributed by atoms with Crippen LogP contribution in [0.5, 0.6) is 0 Å². The fourth-order valence-corrected chi connectivity index (χ4v) is 1.61. The maximum absolute atomic E-state index is 5.01. The minimum atomic E-state index is 0.655. The van der Waals surface area contributed by atoms with E-state index in [0.29, 0.717) is 11.2 Å². The number of hydrogen-bond donors (Lipinski definition) is 0. The van der Waals surface area contributed by atoms with Crippen LogP contribution in [0.3, 0.4) is 0 Å². The topological polar surface area (TPSA) is 39.4 Å². The Kier molecular flexibility index (Phi) is 1.75. The maximum Gasteiger partial charge on any atom is 0.190 e. The molecule has 0 unspecified atom stereocenters. The molecule has 2 aromatic carbocycles. The Morgan fingerprint density at radius 1 is 0.600 bits per heavy atom. The second-order valence-electron chi connectivity index (χ2n) is 3.23. The normalized spacial score (nSPS) is 10.7. The lowest BCUT2D eigenvalue weighted by molar-refractivity contribution is -0.157. The molecule has 0 spiro atoms. The van der Waals surface area contributed by atoms with Crippen LogP contribution < -0.4 is 0 Å². The highest BCUT2D eigenvalue weighted by molar-refractivity contribution is 6.01. The fourth-order valence-electron chi connectivity index (χ4n) is 1.61. The number of hydrogen-bond acceptors (Lipinski definition) is 3. The first-order valence-corrected chi connectivity index (χ1v) is 4.65. The molecule has 3 aromatic rings. The Bertz CT molecular complexity index is 585. The van der Waals surface area contributed by atoms with Gasteiger partial charge < -0.3 is 0 Å². The molecular formula is C12H8O3. The van der Waals surface area contributed by atoms with Crippen LogP contribution in [0.1, 0.15) is 0 Å². The third-order valence-electron chi connectivity index (χ3n) is 2.31. The van der Waals surface area contributed by atoms with Gasteiger partial charge in [0.15, 0.2) is 11.2 Å². The zero-order valence-corrected chi connectivity index (χ0v) is 7.84. The van der Waals surface area contributed by atoms with Crippen LogP contribution in [0.25, 0.3) is 21.9 Å². The van der Waals surface area contributed by atoms with Crippen molar-refractivity contribution in [3.05, 3.63) is 48.5 Å². The highest BCUT2D eigenvalue weighted by atomic mass is 17.2. The van der Waals surface area contributed by atoms with E-state index >= 15 is 0 Å². The predicted octanol–water partition coefficient (Wildman–Crippen LogP) is 3.90. The lowest BCUT2D eigenvalue weighted by atomic mass is 10.1. The Hall–Kier alpha value is -2.16. The van der Waals surface area contributed by atoms with Gasteiger partial charge >= 0.3 is 0 Å². The van der Waals surface area contributed by atoms with Gasteiger partial charge in [-0.05, 0) is 12.1 Å². The van der Waals surface area contributed by atoms with E-state index in [0.717, 1.165) is 10.8 Å². The second kappa shape index (κ2) is 3.20. The molecule has 0 amide bonds. The highest BCUT2D eigenvalue weighted by Crippen LogP contribution is 2.22. The quantitative estimate of drug-likeness (QED) is 0.516. The number of benzene rings is 2. The molecule has 0 aliphatic heterocycles. The van der Waals surface area contributed by atoms with E-state index in [2.05, 4.69) is 4.74 Å². The van der Waals surface area contributed by atoms with Gasteiger partial charge in [0, 0.05) is 10.8 Å². The zero-order chi connectivity index (χ0) is 10.1. The molecule has 3 nitrogen and oxygen atoms in total. The molecule has 1 aromatic heterocycles. The lowest BCUT2D eigenvalue weighted by Crippen LogP contribution is -1.69. The minimum Gasteiger partial charge on any atom is -0.251 e. The Morgan fingerprint density at radius 2 is 1.07 bits per heavy atom. The van der Waals surface area contributed by atoms with Gasteiger partial charge in [0.05, 0.1) is 0 Å². The zero-order valence-electron chi connectivity index (χ0n) is 7.84. The molecule has 3 heteroatoms. The van der Waals surface area contributed by atoms with Gasteiger partial charge in [-0.25, -0.2) is 0 Å². The van der Waals surface area contributed by atoms with Gasteiger partial charge in [0.25, 0.3) is 0 Å². The van der Waals surface area contributed by atoms with Crippen molar-refractivity contribution >= 4 is 21.9 Å². The standard InChI is InChI=1S/C12H8O3/c1-3-7-11-9(5-1)10-6-2-4-8-12(10)14-15-13-11/h1-8H. The first-order valence-electron chi connectivity index (χ1n) is 4.65. The molecule has 0 saturated heterocycles. The smallest absolute Gasteiger partial charge is 0.190 e. The van der Waals surface area contributed by atoms with Gasteiger partial charge in [-0.1, -0.05) is 41.1 Å². The number of rotatable bonds is 0. The van der Waals surface area contributed by atoms with E-state index in [1.165, 1.54) is 0 Å². The van der Waals surface area contributed by atoms with Gasteiger partial charge in [-0.2, -0.15) is 0 Å². The van der Waals surface area contributed by atoms with E-state index in [4.69, 9.17) is 9.15 Å². The monoisotopic (exact) mass is 200 g/mol. The molecule has 0 radical (unpaired) electrons. The van der Waals surface area contributed by atoms with Crippen molar-refractivity contribution in [1.82, 2.24) is 0 Å². The molecule has 0 bridgehead atoms. The van der Waals surface area contributed by atoms with Crippen LogP contribution in [0, 0.1) is 0 Å². The third-order valence-corrected chi connectivity index (χ3v) is 2.31. The molecule has 0 atom stereocenters. The lowest BCUT2D eigenvalue weighted by Gasteiger charge is -1.90. The van der Waals surface area contributed by atoms with Crippen molar-refractivity contribution in [2.24, 2.45) is 0 Å². The fraction of sp³-hybridized carbons (Fsp3) is 0. The molecular weight excluding hydrogens is 192 g/mol. The first-order chi connectivity index (χ1) is 7.45. The second-order valence-corrected chi connectivity index (χ2v) is 3.23. The van der Waals surface area contributed by atoms with Crippen molar-refractivity contribution in [1.29, 1.82) is 0 Å². The molecule has 0 aliphatic rings. The van der Waals surface area contributed by atoms with Crippen molar-refractivity contribution in [3.8, 4) is 0 Å². The van der Waals surface area contributed by atoms with Crippen molar-refractivity contribution < 1.29 is 13.9 Å². The molecule has 74 valence electrons. The largest absolute Gasteiger partial charge is 0.251 e. The van der Waals surface area contributed by atoms with E-state index in [1.54, 1.807) is 0 Å². The van der Waals surface area contributed by atoms with Crippen LogP contribution >= 0.6 is 0 Å². The van der Waals surface area contributed by atoms with Crippen molar-refractivity contribution in [2.45, 2.75) is 0 Å². The van der Waals surface area contributed by atoms with E-state index in [1.807, 2.05) is 48.5 Å². The van der Waals surface area contributed by atoms with Gasteiger partial charge in [-0.15, -0.1) is 0 Å². The summed E-state index contributed by atoms with van der Waals surface area (Å²) in [6.45, 7) is 0. The van der Waals surface area contributed by atoms with Gasteiger partial charge in [0.2, 0.25) is 0 Å². The summed E-state index contributed by atoms with van der Waals surface area (Å²) in [6, 6.07) is 15.3. The summed E-state index contributed by atoms with van der Waals surface area (Å²) < 4.78 is 14.7. The third kappa shape index (κ3) is 1.29. The molecule has 0 aliphatic carbocycles. The summed E-state index contributed by atoms with van der Waals surface area (Å²) >= 11 is 0. The van der Waals surface area contributed by atoms with Crippen LogP contribution in [-0.2, 0) is 0 Å². The van der Waals surface area contributed by atoms with Crippen LogP contribution in [0.15, 0.2) is 62.4 Å². The molecule has 1 heterocycles. The summed E-state index contributed by atoms with van der Waals surface area (Å²) in [7, 11) is 0. The Balaban J connectivity index is 2.65. The van der Waals surface area contributed by atoms with Gasteiger partial charge in [0.1, 0.15) is 0 Å². The Morgan fingerprint density at radius 3 is 1.60 bits per heavy atom. The highest BCUT2D eigenvalue weighted by Gasteiger charge is 2.01. The average molecular weight is 200 g/mol. The molecule has 0 N–H and O–H groups in total. The maximum atomic E-state index is 5.01. The van der Waals surface area contributed by atoms with Crippen molar-refractivity contribution in [3.63, 3.8) is 0 Å². The van der Waals surface area contributed by atoms with E-state index in [9.17, 15) is 0 Å². The molecule has 0 fully saturated rings. The summed E-state index contributed by atoms with van der Waals surface area (Å²) in [6.07, 6.45) is 0. The van der Waals surface area contributed by atoms with Crippen LogP contribution in [-0.4, -0.2) is 0 Å². The minimum absolute atomic E-state index is 0.655. The first kappa shape index (κ1) is 8.17. The molecule has 15 heavy (non-hydrogen) atoms. The summed E-state index contributed by atoms with van der Waals surface area (Å²) in [4.78, 5) is 0. The summed E-state index contributed by atoms with van der Waals surface area (Å²) in [5, 5.41) is 1.93. The molecule has 0 saturated carbocycles. The Labute approximate surface area is 85.1 Å². The SMILES string of the molecule is c1ccc2c(c1)oooc1ccccc12. The van der Waals surface area contributed by atoms with E-state index in [-0.39, 0.29) is 0 Å². The summed E-state index contributed by atoms with van der Waals surface area (Å²) in [5.41, 5.74) is 1.31.